The van der Waals surface area contributed by atoms with Gasteiger partial charge in [0.15, 0.2) is 5.85 Å². The lowest BCUT2D eigenvalue weighted by atomic mass is 10.4. The Morgan fingerprint density at radius 2 is 1.19 bits per heavy atom. The Morgan fingerprint density at radius 3 is 1.52 bits per heavy atom. The van der Waals surface area contributed by atoms with E-state index in [-0.39, 0.29) is 0 Å². The Labute approximate surface area is 143 Å². The molecule has 0 saturated heterocycles. The summed E-state index contributed by atoms with van der Waals surface area (Å²) in [5.41, 5.74) is 0. The van der Waals surface area contributed by atoms with Crippen LogP contribution in [0.1, 0.15) is 79.1 Å². The summed E-state index contributed by atoms with van der Waals surface area (Å²) >= 11 is 3.78. The fourth-order valence-corrected chi connectivity index (χ4v) is 10.0. The van der Waals surface area contributed by atoms with Gasteiger partial charge >= 0.3 is 0 Å². The largest absolute Gasteiger partial charge is 0.343 e. The van der Waals surface area contributed by atoms with E-state index in [1.807, 2.05) is 0 Å². The quantitative estimate of drug-likeness (QED) is 0.169. The van der Waals surface area contributed by atoms with Crippen molar-refractivity contribution in [1.82, 2.24) is 0 Å². The highest BCUT2D eigenvalue weighted by atomic mass is 79.9. The highest BCUT2D eigenvalue weighted by molar-refractivity contribution is 9.09. The van der Waals surface area contributed by atoms with Crippen molar-refractivity contribution in [3.8, 4) is 0 Å². The minimum absolute atomic E-state index is 0.508. The zero-order valence-corrected chi connectivity index (χ0v) is 17.5. The third-order valence-electron chi connectivity index (χ3n) is 4.42. The molecule has 1 nitrogen and oxygen atoms in total. The van der Waals surface area contributed by atoms with Crippen LogP contribution in [0.3, 0.4) is 0 Å². The number of alkyl halides is 1. The van der Waals surface area contributed by atoms with Gasteiger partial charge in [0.1, 0.15) is 0 Å². The maximum atomic E-state index is 6.39. The number of rotatable bonds is 15. The first kappa shape index (κ1) is 21.9. The van der Waals surface area contributed by atoms with Crippen molar-refractivity contribution in [3.05, 3.63) is 0 Å². The molecule has 0 bridgehead atoms. The third-order valence-corrected chi connectivity index (χ3v) is 10.7. The van der Waals surface area contributed by atoms with Gasteiger partial charge in [0.2, 0.25) is 0 Å². The number of hydrogen-bond acceptors (Lipinski definition) is 1. The predicted molar refractivity (Wildman–Crippen MR) is 105 cm³/mol. The van der Waals surface area contributed by atoms with Crippen molar-refractivity contribution >= 4 is 23.2 Å². The van der Waals surface area contributed by atoms with E-state index in [9.17, 15) is 0 Å². The molecule has 1 unspecified atom stereocenters. The van der Waals surface area contributed by atoms with Crippen molar-refractivity contribution in [2.45, 2.75) is 84.9 Å². The summed E-state index contributed by atoms with van der Waals surface area (Å²) in [6.07, 6.45) is 14.9. The molecule has 0 rings (SSSR count). The molecule has 0 radical (unpaired) electrons. The fraction of sp³-hybridized carbons (Fsp3) is 1.00. The van der Waals surface area contributed by atoms with Crippen LogP contribution in [0.2, 0.25) is 0 Å². The van der Waals surface area contributed by atoms with Gasteiger partial charge in [-0.15, -0.1) is 0 Å². The van der Waals surface area contributed by atoms with Crippen LogP contribution in [0, 0.1) is 0 Å². The number of unbranched alkanes of at least 4 members (excludes halogenated alkanes) is 4. The molecule has 0 aromatic carbocycles. The molecule has 0 saturated carbocycles. The second kappa shape index (κ2) is 14.5. The first-order chi connectivity index (χ1) is 10.2. The van der Waals surface area contributed by atoms with Crippen molar-refractivity contribution in [2.75, 3.05) is 30.4 Å². The molecule has 0 heterocycles. The van der Waals surface area contributed by atoms with E-state index >= 15 is 0 Å². The van der Waals surface area contributed by atoms with Gasteiger partial charge in [-0.2, -0.15) is 0 Å². The molecule has 0 amide bonds. The molecule has 3 heteroatoms. The summed E-state index contributed by atoms with van der Waals surface area (Å²) in [5, 5.41) is 1.04. The zero-order valence-electron chi connectivity index (χ0n) is 15.0. The Hall–Kier alpha value is 0.870. The highest BCUT2D eigenvalue weighted by Gasteiger charge is 2.44. The second-order valence-corrected chi connectivity index (χ2v) is 11.3. The van der Waals surface area contributed by atoms with Crippen LogP contribution in [0.15, 0.2) is 0 Å². The van der Waals surface area contributed by atoms with Gasteiger partial charge in [-0.1, -0.05) is 69.3 Å². The van der Waals surface area contributed by atoms with Gasteiger partial charge in [-0.05, 0) is 25.7 Å². The molecule has 0 aliphatic heterocycles. The van der Waals surface area contributed by atoms with E-state index in [1.165, 1.54) is 69.9 Å². The molecule has 0 aliphatic carbocycles. The summed E-state index contributed by atoms with van der Waals surface area (Å²) < 4.78 is 6.39. The number of hydrogen-bond donors (Lipinski definition) is 0. The van der Waals surface area contributed by atoms with E-state index in [2.05, 4.69) is 43.6 Å². The van der Waals surface area contributed by atoms with Gasteiger partial charge in [0.05, 0.1) is 30.4 Å². The van der Waals surface area contributed by atoms with Gasteiger partial charge in [-0.3, -0.25) is 0 Å². The van der Waals surface area contributed by atoms with Crippen LogP contribution in [-0.4, -0.2) is 36.3 Å². The van der Waals surface area contributed by atoms with Gasteiger partial charge in [-0.25, -0.2) is 0 Å². The molecule has 128 valence electrons. The molecule has 0 aromatic heterocycles. The van der Waals surface area contributed by atoms with Gasteiger partial charge in [0.25, 0.3) is 0 Å². The van der Waals surface area contributed by atoms with E-state index in [1.54, 1.807) is 0 Å². The van der Waals surface area contributed by atoms with Crippen molar-refractivity contribution in [1.29, 1.82) is 0 Å². The molecule has 21 heavy (non-hydrogen) atoms. The fourth-order valence-electron chi connectivity index (χ4n) is 2.90. The maximum absolute atomic E-state index is 6.39. The number of ether oxygens (including phenoxy) is 1. The van der Waals surface area contributed by atoms with Crippen LogP contribution in [0.25, 0.3) is 0 Å². The van der Waals surface area contributed by atoms with E-state index in [4.69, 9.17) is 4.74 Å². The van der Waals surface area contributed by atoms with Crippen molar-refractivity contribution in [2.24, 2.45) is 0 Å². The molecule has 1 atom stereocenters. The van der Waals surface area contributed by atoms with Crippen LogP contribution in [0.5, 0.6) is 0 Å². The molecule has 0 spiro atoms. The topological polar surface area (TPSA) is 9.23 Å². The molecular weight excluding hydrogens is 343 g/mol. The third kappa shape index (κ3) is 8.92. The number of halogens is 1. The summed E-state index contributed by atoms with van der Waals surface area (Å²) in [7, 11) is -0.965. The average Bonchev–Trinajstić information content (AvgIpc) is 2.52. The lowest BCUT2D eigenvalue weighted by Gasteiger charge is -2.34. The lowest BCUT2D eigenvalue weighted by Crippen LogP contribution is -2.27. The zero-order chi connectivity index (χ0) is 16.0. The summed E-state index contributed by atoms with van der Waals surface area (Å²) in [6, 6.07) is 0. The maximum Gasteiger partial charge on any atom is 0.176 e. The average molecular weight is 382 g/mol. The van der Waals surface area contributed by atoms with Crippen LogP contribution >= 0.6 is 23.2 Å². The van der Waals surface area contributed by atoms with Gasteiger partial charge in [0, 0.05) is 7.26 Å². The Bertz CT molecular complexity index is 201. The molecular formula is C18H39BrOP+. The molecule has 0 fully saturated rings. The van der Waals surface area contributed by atoms with Crippen LogP contribution in [0.4, 0.5) is 0 Å². The Balaban J connectivity index is 4.93. The van der Waals surface area contributed by atoms with Crippen molar-refractivity contribution < 1.29 is 4.74 Å². The first-order valence-corrected chi connectivity index (χ1v) is 12.8. The van der Waals surface area contributed by atoms with E-state index in [0.29, 0.717) is 5.85 Å². The van der Waals surface area contributed by atoms with Crippen molar-refractivity contribution in [3.63, 3.8) is 0 Å². The van der Waals surface area contributed by atoms with E-state index < -0.39 is 7.26 Å². The Kier molecular flexibility index (Phi) is 15.1. The summed E-state index contributed by atoms with van der Waals surface area (Å²) in [4.78, 5) is 0. The standard InChI is InChI=1S/C18H39BrOP/c1-5-9-13-20-18(17-19)21(14-10-6-2,15-11-7-3)16-12-8-4/h18H,5-17H2,1-4H3/q+1. The summed E-state index contributed by atoms with van der Waals surface area (Å²) in [5.74, 6) is 0.508. The molecule has 0 N–H and O–H groups in total. The van der Waals surface area contributed by atoms with Crippen LogP contribution in [-0.2, 0) is 4.74 Å². The molecule has 0 aliphatic rings. The minimum atomic E-state index is -0.965. The first-order valence-electron chi connectivity index (χ1n) is 9.24. The summed E-state index contributed by atoms with van der Waals surface area (Å²) in [6.45, 7) is 10.2. The highest BCUT2D eigenvalue weighted by Crippen LogP contribution is 2.65. The Morgan fingerprint density at radius 1 is 0.762 bits per heavy atom. The predicted octanol–water partition coefficient (Wildman–Crippen LogP) is 6.94. The normalized spacial score (nSPS) is 13.6. The molecule has 0 aromatic rings. The smallest absolute Gasteiger partial charge is 0.176 e. The van der Waals surface area contributed by atoms with Gasteiger partial charge < -0.3 is 4.74 Å². The lowest BCUT2D eigenvalue weighted by molar-refractivity contribution is 0.118. The SMILES string of the molecule is CCCCOC(CBr)[P+](CCCC)(CCCC)CCCC. The van der Waals surface area contributed by atoms with E-state index in [0.717, 1.165) is 11.9 Å². The second-order valence-electron chi connectivity index (χ2n) is 6.28. The minimum Gasteiger partial charge on any atom is -0.343 e. The van der Waals surface area contributed by atoms with Crippen LogP contribution < -0.4 is 0 Å². The monoisotopic (exact) mass is 381 g/mol.